The number of ether oxygens (including phenoxy) is 2. The Labute approximate surface area is 164 Å². The average molecular weight is 418 g/mol. The number of carbonyl (C=O) groups excluding carboxylic acids is 2. The van der Waals surface area contributed by atoms with Crippen molar-refractivity contribution in [2.24, 2.45) is 0 Å². The molecule has 11 heteroatoms. The number of nitrogens with zero attached hydrogens (tertiary/aromatic N) is 1. The zero-order chi connectivity index (χ0) is 21.8. The number of hydrogen-bond donors (Lipinski definition) is 2. The van der Waals surface area contributed by atoms with Gasteiger partial charge in [-0.1, -0.05) is 6.07 Å². The van der Waals surface area contributed by atoms with Crippen molar-refractivity contribution in [2.75, 3.05) is 13.6 Å². The molecule has 8 nitrogen and oxygen atoms in total. The van der Waals surface area contributed by atoms with Gasteiger partial charge in [0.2, 0.25) is 5.91 Å². The number of aliphatic carboxylic acids is 1. The van der Waals surface area contributed by atoms with E-state index in [2.05, 4.69) is 5.32 Å². The van der Waals surface area contributed by atoms with Crippen molar-refractivity contribution < 1.29 is 42.1 Å². The Kier molecular flexibility index (Phi) is 6.93. The van der Waals surface area contributed by atoms with Crippen LogP contribution in [0.4, 0.5) is 13.2 Å². The van der Waals surface area contributed by atoms with Gasteiger partial charge in [0.05, 0.1) is 13.0 Å². The standard InChI is InChI=1S/C18H21F3N2O6/c1-10(23(2)17(27)18(19,20)21)7-11-3-4-12-13(8-11)29-16(28-12)9-22-14(24)5-6-15(25)26/h3-4,8,10,16H,5-7,9H2,1-2H3,(H,22,24)(H,25,26). The Morgan fingerprint density at radius 1 is 1.21 bits per heavy atom. The molecular weight excluding hydrogens is 397 g/mol. The average Bonchev–Trinajstić information content (AvgIpc) is 3.04. The smallest absolute Gasteiger partial charge is 0.471 e. The largest absolute Gasteiger partial charge is 0.481 e. The molecule has 2 atom stereocenters. The molecule has 2 rings (SSSR count). The van der Waals surface area contributed by atoms with E-state index in [1.54, 1.807) is 18.2 Å². The van der Waals surface area contributed by atoms with Crippen molar-refractivity contribution >= 4 is 17.8 Å². The highest BCUT2D eigenvalue weighted by atomic mass is 19.4. The number of likely N-dealkylation sites (N-methyl/N-ethyl adjacent to an activating group) is 1. The van der Waals surface area contributed by atoms with E-state index in [9.17, 15) is 27.6 Å². The number of benzene rings is 1. The molecule has 1 aromatic carbocycles. The van der Waals surface area contributed by atoms with Gasteiger partial charge in [0.1, 0.15) is 0 Å². The third kappa shape index (κ3) is 6.26. The molecule has 0 aromatic heterocycles. The molecule has 0 saturated heterocycles. The third-order valence-electron chi connectivity index (χ3n) is 4.31. The first-order chi connectivity index (χ1) is 13.5. The molecular formula is C18H21F3N2O6. The molecule has 0 radical (unpaired) electrons. The van der Waals surface area contributed by atoms with Gasteiger partial charge in [-0.25, -0.2) is 0 Å². The second-order valence-electron chi connectivity index (χ2n) is 6.61. The number of amides is 2. The van der Waals surface area contributed by atoms with E-state index in [0.29, 0.717) is 22.0 Å². The van der Waals surface area contributed by atoms with Crippen LogP contribution in [0.2, 0.25) is 0 Å². The molecule has 2 unspecified atom stereocenters. The fourth-order valence-corrected chi connectivity index (χ4v) is 2.64. The molecule has 2 N–H and O–H groups in total. The summed E-state index contributed by atoms with van der Waals surface area (Å²) < 4.78 is 48.7. The number of hydrogen-bond acceptors (Lipinski definition) is 5. The first kappa shape index (κ1) is 22.3. The molecule has 0 spiro atoms. The van der Waals surface area contributed by atoms with Gasteiger partial charge in [-0.2, -0.15) is 13.2 Å². The Hall–Kier alpha value is -2.98. The van der Waals surface area contributed by atoms with E-state index in [0.717, 1.165) is 7.05 Å². The maximum absolute atomic E-state index is 12.6. The van der Waals surface area contributed by atoms with Crippen LogP contribution in [0.3, 0.4) is 0 Å². The van der Waals surface area contributed by atoms with Crippen molar-refractivity contribution in [1.29, 1.82) is 0 Å². The molecule has 1 aliphatic heterocycles. The molecule has 160 valence electrons. The van der Waals surface area contributed by atoms with Crippen molar-refractivity contribution in [3.05, 3.63) is 23.8 Å². The van der Waals surface area contributed by atoms with Crippen molar-refractivity contribution in [3.8, 4) is 11.5 Å². The Morgan fingerprint density at radius 3 is 2.48 bits per heavy atom. The van der Waals surface area contributed by atoms with Crippen LogP contribution in [-0.4, -0.2) is 59.9 Å². The van der Waals surface area contributed by atoms with E-state index in [1.165, 1.54) is 6.92 Å². The van der Waals surface area contributed by atoms with Crippen LogP contribution in [-0.2, 0) is 20.8 Å². The van der Waals surface area contributed by atoms with Crippen molar-refractivity contribution in [3.63, 3.8) is 0 Å². The zero-order valence-electron chi connectivity index (χ0n) is 15.8. The lowest BCUT2D eigenvalue weighted by Crippen LogP contribution is -2.44. The van der Waals surface area contributed by atoms with E-state index < -0.39 is 36.3 Å². The van der Waals surface area contributed by atoms with Crippen LogP contribution in [0, 0.1) is 0 Å². The van der Waals surface area contributed by atoms with Crippen LogP contribution >= 0.6 is 0 Å². The lowest BCUT2D eigenvalue weighted by molar-refractivity contribution is -0.185. The summed E-state index contributed by atoms with van der Waals surface area (Å²) in [7, 11) is 1.09. The number of alkyl halides is 3. The predicted octanol–water partition coefficient (Wildman–Crippen LogP) is 1.72. The van der Waals surface area contributed by atoms with Crippen molar-refractivity contribution in [1.82, 2.24) is 10.2 Å². The summed E-state index contributed by atoms with van der Waals surface area (Å²) in [6.07, 6.45) is -6.01. The van der Waals surface area contributed by atoms with Gasteiger partial charge >= 0.3 is 18.1 Å². The molecule has 2 amide bonds. The van der Waals surface area contributed by atoms with Gasteiger partial charge < -0.3 is 24.8 Å². The highest BCUT2D eigenvalue weighted by Gasteiger charge is 2.42. The lowest BCUT2D eigenvalue weighted by Gasteiger charge is -2.25. The normalized spacial score (nSPS) is 16.2. The number of halogens is 3. The number of carboxylic acid groups (broad SMARTS) is 1. The molecule has 0 fully saturated rings. The maximum atomic E-state index is 12.6. The highest BCUT2D eigenvalue weighted by Crippen LogP contribution is 2.35. The number of fused-ring (bicyclic) bond motifs is 1. The van der Waals surface area contributed by atoms with Gasteiger partial charge in [-0.05, 0) is 31.0 Å². The molecule has 29 heavy (non-hydrogen) atoms. The number of nitrogens with one attached hydrogen (secondary N) is 1. The van der Waals surface area contributed by atoms with Crippen LogP contribution in [0.1, 0.15) is 25.3 Å². The monoisotopic (exact) mass is 418 g/mol. The van der Waals surface area contributed by atoms with Crippen LogP contribution < -0.4 is 14.8 Å². The Balaban J connectivity index is 1.89. The van der Waals surface area contributed by atoms with E-state index in [4.69, 9.17) is 14.6 Å². The molecule has 1 aromatic rings. The Morgan fingerprint density at radius 2 is 1.86 bits per heavy atom. The van der Waals surface area contributed by atoms with Gasteiger partial charge in [0.15, 0.2) is 11.5 Å². The SMILES string of the molecule is CC(Cc1ccc2c(c1)OC(CNC(=O)CCC(=O)O)O2)N(C)C(=O)C(F)(F)F. The Bertz CT molecular complexity index is 783. The molecule has 0 aliphatic carbocycles. The summed E-state index contributed by atoms with van der Waals surface area (Å²) in [6.45, 7) is 1.51. The van der Waals surface area contributed by atoms with Gasteiger partial charge in [0.25, 0.3) is 6.29 Å². The van der Waals surface area contributed by atoms with Gasteiger partial charge in [0, 0.05) is 19.5 Å². The molecule has 1 heterocycles. The number of carbonyl (C=O) groups is 3. The minimum Gasteiger partial charge on any atom is -0.481 e. The summed E-state index contributed by atoms with van der Waals surface area (Å²) >= 11 is 0. The van der Waals surface area contributed by atoms with Gasteiger partial charge in [-0.3, -0.25) is 14.4 Å². The quantitative estimate of drug-likeness (QED) is 0.666. The first-order valence-corrected chi connectivity index (χ1v) is 8.76. The fourth-order valence-electron chi connectivity index (χ4n) is 2.64. The maximum Gasteiger partial charge on any atom is 0.471 e. The third-order valence-corrected chi connectivity index (χ3v) is 4.31. The summed E-state index contributed by atoms with van der Waals surface area (Å²) in [6, 6.07) is 4.14. The van der Waals surface area contributed by atoms with Crippen LogP contribution in [0.15, 0.2) is 18.2 Å². The topological polar surface area (TPSA) is 105 Å². The predicted molar refractivity (Wildman–Crippen MR) is 93.4 cm³/mol. The second kappa shape index (κ2) is 9.01. The summed E-state index contributed by atoms with van der Waals surface area (Å²) in [5.41, 5.74) is 0.646. The van der Waals surface area contributed by atoms with E-state index >= 15 is 0 Å². The van der Waals surface area contributed by atoms with E-state index in [1.807, 2.05) is 0 Å². The minimum atomic E-state index is -4.93. The lowest BCUT2D eigenvalue weighted by atomic mass is 10.1. The molecule has 0 bridgehead atoms. The van der Waals surface area contributed by atoms with Crippen LogP contribution in [0.25, 0.3) is 0 Å². The summed E-state index contributed by atoms with van der Waals surface area (Å²) in [5, 5.41) is 11.0. The molecule has 1 aliphatic rings. The second-order valence-corrected chi connectivity index (χ2v) is 6.61. The summed E-state index contributed by atoms with van der Waals surface area (Å²) in [4.78, 5) is 34.0. The summed E-state index contributed by atoms with van der Waals surface area (Å²) in [5.74, 6) is -2.67. The van der Waals surface area contributed by atoms with Crippen LogP contribution in [0.5, 0.6) is 11.5 Å². The van der Waals surface area contributed by atoms with Gasteiger partial charge in [-0.15, -0.1) is 0 Å². The van der Waals surface area contributed by atoms with E-state index in [-0.39, 0.29) is 25.8 Å². The molecule has 0 saturated carbocycles. The van der Waals surface area contributed by atoms with Crippen molar-refractivity contribution in [2.45, 2.75) is 44.7 Å². The highest BCUT2D eigenvalue weighted by molar-refractivity contribution is 5.82. The number of carboxylic acids is 1. The number of rotatable bonds is 8. The first-order valence-electron chi connectivity index (χ1n) is 8.76. The fraction of sp³-hybridized carbons (Fsp3) is 0.500. The zero-order valence-corrected chi connectivity index (χ0v) is 15.8. The minimum absolute atomic E-state index is 0.00168.